The van der Waals surface area contributed by atoms with Crippen LogP contribution in [0.15, 0.2) is 48.5 Å². The van der Waals surface area contributed by atoms with Gasteiger partial charge in [-0.2, -0.15) is 0 Å². The van der Waals surface area contributed by atoms with Gasteiger partial charge in [0.25, 0.3) is 0 Å². The first-order valence-electron chi connectivity index (χ1n) is 11.9. The first-order chi connectivity index (χ1) is 18.7. The molecule has 45 heavy (non-hydrogen) atoms. The Morgan fingerprint density at radius 3 is 1.13 bits per heavy atom. The van der Waals surface area contributed by atoms with Crippen LogP contribution in [0.4, 0.5) is 0 Å². The quantitative estimate of drug-likeness (QED) is 0.0537. The number of phosphoric acid groups is 1. The Morgan fingerprint density at radius 2 is 0.844 bits per heavy atom. The van der Waals surface area contributed by atoms with Gasteiger partial charge in [0.05, 0.1) is 43.1 Å². The van der Waals surface area contributed by atoms with Gasteiger partial charge in [0.1, 0.15) is 19.8 Å². The smallest absolute Gasteiger partial charge is 0.460 e. The molecule has 2 rings (SSSR count). The number of carbonyl (C=O) groups is 4. The molecule has 0 N–H and O–H groups in total. The van der Waals surface area contributed by atoms with E-state index in [1.54, 1.807) is 6.92 Å². The molecular weight excluding hydrogens is 607 g/mol. The third-order valence-corrected chi connectivity index (χ3v) is 6.40. The molecule has 1 atom stereocenters. The fourth-order valence-electron chi connectivity index (χ4n) is 2.89. The van der Waals surface area contributed by atoms with E-state index in [0.29, 0.717) is 5.56 Å². The standard InChI is InChI=1S/C26H31O12P.6CH4/c1-4-36-39(31,37-17-15-34-25(29)21-7-5-20(6-8-21)19(2)27)38-18-16-35-26(30)23-11-9-22(10-12-23)24(28)33-14-13-32-3;;;;;;/h5-12H,4,13-18H2,1-3H3;6*1H4. The van der Waals surface area contributed by atoms with Crippen LogP contribution in [0.2, 0.25) is 0 Å². The summed E-state index contributed by atoms with van der Waals surface area (Å²) in [6.07, 6.45) is 0. The van der Waals surface area contributed by atoms with Gasteiger partial charge < -0.3 is 18.9 Å². The predicted octanol–water partition coefficient (Wildman–Crippen LogP) is 7.70. The van der Waals surface area contributed by atoms with Gasteiger partial charge >= 0.3 is 25.7 Å². The van der Waals surface area contributed by atoms with Gasteiger partial charge in [-0.3, -0.25) is 18.4 Å². The van der Waals surface area contributed by atoms with E-state index >= 15 is 0 Å². The summed E-state index contributed by atoms with van der Waals surface area (Å²) in [5.74, 6) is -2.01. The zero-order valence-corrected chi connectivity index (χ0v) is 22.8. The number of hydrogen-bond acceptors (Lipinski definition) is 12. The largest absolute Gasteiger partial charge is 0.475 e. The summed E-state index contributed by atoms with van der Waals surface area (Å²) in [5, 5.41) is 0. The Labute approximate surface area is 270 Å². The van der Waals surface area contributed by atoms with Crippen LogP contribution in [0.1, 0.15) is 99.8 Å². The van der Waals surface area contributed by atoms with Crippen molar-refractivity contribution < 1.29 is 56.3 Å². The van der Waals surface area contributed by atoms with E-state index in [2.05, 4.69) is 0 Å². The van der Waals surface area contributed by atoms with E-state index in [4.69, 9.17) is 32.5 Å². The third kappa shape index (κ3) is 18.2. The average Bonchev–Trinajstić information content (AvgIpc) is 2.93. The average molecular weight is 663 g/mol. The molecule has 2 aromatic rings. The van der Waals surface area contributed by atoms with Crippen LogP contribution in [-0.4, -0.2) is 77.0 Å². The number of methoxy groups -OCH3 is 1. The lowest BCUT2D eigenvalue weighted by atomic mass is 10.1. The van der Waals surface area contributed by atoms with Gasteiger partial charge in [0.15, 0.2) is 5.78 Å². The Balaban J connectivity index is -0.000000889. The van der Waals surface area contributed by atoms with Gasteiger partial charge in [-0.05, 0) is 50.2 Å². The lowest BCUT2D eigenvalue weighted by Crippen LogP contribution is -2.14. The van der Waals surface area contributed by atoms with Gasteiger partial charge in [0.2, 0.25) is 0 Å². The van der Waals surface area contributed by atoms with E-state index < -0.39 is 25.7 Å². The second-order valence-electron chi connectivity index (χ2n) is 7.64. The molecule has 0 saturated heterocycles. The minimum absolute atomic E-state index is 0. The highest BCUT2D eigenvalue weighted by atomic mass is 31.2. The molecule has 0 spiro atoms. The van der Waals surface area contributed by atoms with Crippen molar-refractivity contribution in [3.05, 3.63) is 70.8 Å². The number of Topliss-reactive ketones (excluding diaryl/α,β-unsaturated/α-hetero) is 1. The van der Waals surface area contributed by atoms with E-state index in [0.717, 1.165) is 0 Å². The molecule has 0 aliphatic heterocycles. The zero-order chi connectivity index (χ0) is 28.7. The van der Waals surface area contributed by atoms with Crippen LogP contribution in [0.5, 0.6) is 0 Å². The molecule has 2 aromatic carbocycles. The molecule has 13 heteroatoms. The van der Waals surface area contributed by atoms with E-state index in [1.807, 2.05) is 0 Å². The van der Waals surface area contributed by atoms with Crippen LogP contribution in [0.3, 0.4) is 0 Å². The normalized spacial score (nSPS) is 10.6. The van der Waals surface area contributed by atoms with Gasteiger partial charge in [0, 0.05) is 12.7 Å². The summed E-state index contributed by atoms with van der Waals surface area (Å²) in [5.41, 5.74) is 1.15. The van der Waals surface area contributed by atoms with Crippen molar-refractivity contribution >= 4 is 31.5 Å². The molecule has 260 valence electrons. The summed E-state index contributed by atoms with van der Waals surface area (Å²) in [6, 6.07) is 11.6. The number of ketones is 1. The molecule has 1 unspecified atom stereocenters. The van der Waals surface area contributed by atoms with Crippen LogP contribution in [-0.2, 0) is 37.1 Å². The van der Waals surface area contributed by atoms with Crippen LogP contribution in [0.25, 0.3) is 0 Å². The molecule has 0 aromatic heterocycles. The second-order valence-corrected chi connectivity index (χ2v) is 9.31. The van der Waals surface area contributed by atoms with Crippen molar-refractivity contribution in [1.29, 1.82) is 0 Å². The maximum Gasteiger partial charge on any atom is 0.475 e. The maximum atomic E-state index is 12.7. The molecular formula is C32H55O12P. The summed E-state index contributed by atoms with van der Waals surface area (Å²) in [7, 11) is -2.52. The van der Waals surface area contributed by atoms with E-state index in [-0.39, 0.29) is 113 Å². The monoisotopic (exact) mass is 662 g/mol. The minimum atomic E-state index is -4.01. The van der Waals surface area contributed by atoms with Gasteiger partial charge in [-0.15, -0.1) is 0 Å². The molecule has 0 fully saturated rings. The minimum Gasteiger partial charge on any atom is -0.460 e. The van der Waals surface area contributed by atoms with Crippen molar-refractivity contribution in [3.8, 4) is 0 Å². The molecule has 0 aliphatic rings. The van der Waals surface area contributed by atoms with Crippen molar-refractivity contribution in [2.45, 2.75) is 58.4 Å². The highest BCUT2D eigenvalue weighted by molar-refractivity contribution is 7.48. The number of rotatable bonds is 17. The first kappa shape index (κ1) is 51.2. The van der Waals surface area contributed by atoms with Crippen LogP contribution < -0.4 is 0 Å². The summed E-state index contributed by atoms with van der Waals surface area (Å²) in [6.45, 7) is 2.32. The van der Waals surface area contributed by atoms with Crippen molar-refractivity contribution in [2.75, 3.05) is 53.4 Å². The summed E-state index contributed by atoms with van der Waals surface area (Å²) in [4.78, 5) is 47.5. The van der Waals surface area contributed by atoms with E-state index in [1.165, 1.54) is 62.6 Å². The Hall–Kier alpha value is -3.41. The molecule has 0 amide bonds. The molecule has 12 nitrogen and oxygen atoms in total. The van der Waals surface area contributed by atoms with Crippen LogP contribution in [0, 0.1) is 0 Å². The highest BCUT2D eigenvalue weighted by Crippen LogP contribution is 2.49. The lowest BCUT2D eigenvalue weighted by Gasteiger charge is -2.17. The summed E-state index contributed by atoms with van der Waals surface area (Å²) >= 11 is 0. The first-order valence-corrected chi connectivity index (χ1v) is 13.4. The predicted molar refractivity (Wildman–Crippen MR) is 177 cm³/mol. The van der Waals surface area contributed by atoms with Crippen molar-refractivity contribution in [3.63, 3.8) is 0 Å². The number of benzene rings is 2. The number of esters is 3. The van der Waals surface area contributed by atoms with Crippen molar-refractivity contribution in [2.24, 2.45) is 0 Å². The van der Waals surface area contributed by atoms with E-state index in [9.17, 15) is 23.7 Å². The molecule has 0 saturated carbocycles. The highest BCUT2D eigenvalue weighted by Gasteiger charge is 2.26. The summed E-state index contributed by atoms with van der Waals surface area (Å²) < 4.78 is 48.1. The zero-order valence-electron chi connectivity index (χ0n) is 21.9. The number of carbonyl (C=O) groups excluding carboxylic acids is 4. The molecule has 0 radical (unpaired) electrons. The molecule has 0 aliphatic carbocycles. The fourth-order valence-corrected chi connectivity index (χ4v) is 4.02. The Kier molecular flexibility index (Phi) is 30.6. The number of phosphoric ester groups is 1. The molecule has 0 heterocycles. The van der Waals surface area contributed by atoms with Gasteiger partial charge in [-0.1, -0.05) is 56.7 Å². The third-order valence-electron chi connectivity index (χ3n) is 4.82. The molecule has 0 bridgehead atoms. The number of hydrogen-bond donors (Lipinski definition) is 0. The lowest BCUT2D eigenvalue weighted by molar-refractivity contribution is 0.0322. The SMILES string of the molecule is C.C.C.C.C.C.CCOP(=O)(OCCOC(=O)c1ccc(C(C)=O)cc1)OCCOC(=O)c1ccc(C(=O)OCCOC)cc1. The Morgan fingerprint density at radius 1 is 0.533 bits per heavy atom. The second kappa shape index (κ2) is 26.9. The Bertz CT molecular complexity index is 1150. The van der Waals surface area contributed by atoms with Crippen LogP contribution >= 0.6 is 7.82 Å². The topological polar surface area (TPSA) is 150 Å². The fraction of sp³-hybridized carbons (Fsp3) is 0.500. The number of ether oxygens (including phenoxy) is 4. The maximum absolute atomic E-state index is 12.7. The van der Waals surface area contributed by atoms with Crippen molar-refractivity contribution in [1.82, 2.24) is 0 Å². The van der Waals surface area contributed by atoms with Gasteiger partial charge in [-0.25, -0.2) is 18.9 Å².